The maximum absolute atomic E-state index is 12.6. The van der Waals surface area contributed by atoms with Crippen LogP contribution in [0.5, 0.6) is 5.75 Å². The van der Waals surface area contributed by atoms with E-state index in [1.807, 2.05) is 0 Å². The van der Waals surface area contributed by atoms with E-state index in [-0.39, 0.29) is 17.3 Å². The molecule has 0 bridgehead atoms. The molecule has 8 heteroatoms. The number of nitro benzene ring substituents is 1. The van der Waals surface area contributed by atoms with Crippen molar-refractivity contribution in [2.45, 2.75) is 0 Å². The third-order valence-corrected chi connectivity index (χ3v) is 4.59. The van der Waals surface area contributed by atoms with Gasteiger partial charge in [-0.1, -0.05) is 30.0 Å². The number of non-ortho nitro benzene ring substituents is 1. The number of carbonyl (C=O) groups is 1. The summed E-state index contributed by atoms with van der Waals surface area (Å²) in [5, 5.41) is 20.2. The summed E-state index contributed by atoms with van der Waals surface area (Å²) in [6.45, 7) is 0. The predicted octanol–water partition coefficient (Wildman–Crippen LogP) is 3.71. The molecule has 1 N–H and O–H groups in total. The number of carbonyl (C=O) groups excluding carboxylic acids is 1. The van der Waals surface area contributed by atoms with Crippen LogP contribution in [0.2, 0.25) is 0 Å². The van der Waals surface area contributed by atoms with Crippen molar-refractivity contribution in [3.63, 3.8) is 0 Å². The molecule has 0 saturated carbocycles. The number of rotatable bonds is 3. The third kappa shape index (κ3) is 3.15. The van der Waals surface area contributed by atoms with Crippen molar-refractivity contribution in [1.29, 1.82) is 0 Å². The smallest absolute Gasteiger partial charge is 0.270 e. The number of nitro groups is 1. The molecular formula is C16H10N2O4S2. The summed E-state index contributed by atoms with van der Waals surface area (Å²) >= 11 is 6.39. The Kier molecular flexibility index (Phi) is 4.32. The van der Waals surface area contributed by atoms with Crippen molar-refractivity contribution < 1.29 is 14.8 Å². The first kappa shape index (κ1) is 16.2. The molecule has 0 aromatic heterocycles. The zero-order valence-electron chi connectivity index (χ0n) is 12.1. The quantitative estimate of drug-likeness (QED) is 0.390. The fraction of sp³-hybridized carbons (Fsp3) is 0. The van der Waals surface area contributed by atoms with Gasteiger partial charge in [0.1, 0.15) is 5.75 Å². The van der Waals surface area contributed by atoms with E-state index in [0.29, 0.717) is 20.5 Å². The van der Waals surface area contributed by atoms with Crippen molar-refractivity contribution in [2.75, 3.05) is 4.90 Å². The van der Waals surface area contributed by atoms with Gasteiger partial charge in [-0.2, -0.15) is 0 Å². The van der Waals surface area contributed by atoms with Gasteiger partial charge in [0.05, 0.1) is 15.5 Å². The molecular weight excluding hydrogens is 348 g/mol. The minimum atomic E-state index is -0.481. The van der Waals surface area contributed by atoms with Crippen molar-refractivity contribution >= 4 is 51.7 Å². The van der Waals surface area contributed by atoms with E-state index in [2.05, 4.69) is 0 Å². The van der Waals surface area contributed by atoms with Crippen molar-refractivity contribution in [3.8, 4) is 5.75 Å². The molecule has 1 amide bonds. The average molecular weight is 358 g/mol. The van der Waals surface area contributed by atoms with Crippen LogP contribution in [0.25, 0.3) is 6.08 Å². The second-order valence-corrected chi connectivity index (χ2v) is 6.56. The zero-order chi connectivity index (χ0) is 17.3. The Morgan fingerprint density at radius 1 is 1.21 bits per heavy atom. The standard InChI is InChI=1S/C16H10N2O4S2/c19-13-3-1-2-12(9-13)17-15(20)14(24-16(17)23)8-10-4-6-11(7-5-10)18(21)22/h1-9,19H. The summed E-state index contributed by atoms with van der Waals surface area (Å²) in [6, 6.07) is 12.2. The molecule has 3 rings (SSSR count). The Morgan fingerprint density at radius 3 is 2.54 bits per heavy atom. The minimum absolute atomic E-state index is 0.0144. The highest BCUT2D eigenvalue weighted by atomic mass is 32.2. The number of amides is 1. The number of phenols is 1. The van der Waals surface area contributed by atoms with Crippen LogP contribution < -0.4 is 4.90 Å². The van der Waals surface area contributed by atoms with Crippen molar-refractivity contribution in [1.82, 2.24) is 0 Å². The molecule has 1 saturated heterocycles. The van der Waals surface area contributed by atoms with Gasteiger partial charge in [0.25, 0.3) is 11.6 Å². The number of anilines is 1. The number of nitrogens with zero attached hydrogens (tertiary/aromatic N) is 2. The van der Waals surface area contributed by atoms with Gasteiger partial charge in [0.2, 0.25) is 0 Å². The van der Waals surface area contributed by atoms with Crippen LogP contribution in [-0.2, 0) is 4.79 Å². The van der Waals surface area contributed by atoms with Gasteiger partial charge in [0.15, 0.2) is 4.32 Å². The second-order valence-electron chi connectivity index (χ2n) is 4.89. The average Bonchev–Trinajstić information content (AvgIpc) is 2.82. The number of hydrogen-bond acceptors (Lipinski definition) is 6. The molecule has 0 spiro atoms. The molecule has 1 heterocycles. The lowest BCUT2D eigenvalue weighted by atomic mass is 10.2. The first-order chi connectivity index (χ1) is 11.5. The summed E-state index contributed by atoms with van der Waals surface area (Å²) in [5.41, 5.74) is 1.14. The van der Waals surface area contributed by atoms with Crippen molar-refractivity contribution in [2.24, 2.45) is 0 Å². The number of phenolic OH excluding ortho intramolecular Hbond substituents is 1. The SMILES string of the molecule is O=C1C(=Cc2ccc([N+](=O)[O-])cc2)SC(=S)N1c1cccc(O)c1. The molecule has 1 fully saturated rings. The van der Waals surface area contributed by atoms with E-state index in [1.165, 1.54) is 29.2 Å². The fourth-order valence-corrected chi connectivity index (χ4v) is 3.47. The highest BCUT2D eigenvalue weighted by Crippen LogP contribution is 2.36. The molecule has 120 valence electrons. The lowest BCUT2D eigenvalue weighted by molar-refractivity contribution is -0.384. The number of thioether (sulfide) groups is 1. The first-order valence-electron chi connectivity index (χ1n) is 6.77. The number of benzene rings is 2. The van der Waals surface area contributed by atoms with Gasteiger partial charge in [0, 0.05) is 18.2 Å². The van der Waals surface area contributed by atoms with E-state index in [4.69, 9.17) is 12.2 Å². The maximum atomic E-state index is 12.6. The second kappa shape index (κ2) is 6.42. The van der Waals surface area contributed by atoms with Crippen LogP contribution in [0.4, 0.5) is 11.4 Å². The van der Waals surface area contributed by atoms with Gasteiger partial charge < -0.3 is 5.11 Å². The summed E-state index contributed by atoms with van der Waals surface area (Å²) < 4.78 is 0.360. The summed E-state index contributed by atoms with van der Waals surface area (Å²) in [5.74, 6) is -0.255. The van der Waals surface area contributed by atoms with Gasteiger partial charge >= 0.3 is 0 Å². The van der Waals surface area contributed by atoms with Crippen molar-refractivity contribution in [3.05, 3.63) is 69.1 Å². The third-order valence-electron chi connectivity index (χ3n) is 3.28. The summed E-state index contributed by atoms with van der Waals surface area (Å²) in [6.07, 6.45) is 1.63. The largest absolute Gasteiger partial charge is 0.508 e. The first-order valence-corrected chi connectivity index (χ1v) is 7.99. The molecule has 0 unspecified atom stereocenters. The Balaban J connectivity index is 1.89. The van der Waals surface area contributed by atoms with Crippen LogP contribution >= 0.6 is 24.0 Å². The highest BCUT2D eigenvalue weighted by molar-refractivity contribution is 8.27. The molecule has 2 aromatic rings. The Hall–Kier alpha value is -2.71. The van der Waals surface area contributed by atoms with Crippen LogP contribution in [0.3, 0.4) is 0 Å². The predicted molar refractivity (Wildman–Crippen MR) is 96.9 cm³/mol. The molecule has 1 aliphatic heterocycles. The van der Waals surface area contributed by atoms with Crippen LogP contribution in [0, 0.1) is 10.1 Å². The zero-order valence-corrected chi connectivity index (χ0v) is 13.7. The Bertz CT molecular complexity index is 878. The van der Waals surface area contributed by atoms with Gasteiger partial charge in [-0.25, -0.2) is 0 Å². The molecule has 0 aliphatic carbocycles. The summed E-state index contributed by atoms with van der Waals surface area (Å²) in [4.78, 5) is 24.5. The Labute approximate surface area is 146 Å². The lowest BCUT2D eigenvalue weighted by Crippen LogP contribution is -2.27. The van der Waals surface area contributed by atoms with E-state index in [9.17, 15) is 20.0 Å². The lowest BCUT2D eigenvalue weighted by Gasteiger charge is -2.14. The van der Waals surface area contributed by atoms with Crippen LogP contribution in [-0.4, -0.2) is 20.3 Å². The van der Waals surface area contributed by atoms with E-state index >= 15 is 0 Å². The number of thiocarbonyl (C=S) groups is 1. The monoisotopic (exact) mass is 358 g/mol. The topological polar surface area (TPSA) is 83.7 Å². The van der Waals surface area contributed by atoms with Gasteiger partial charge in [-0.3, -0.25) is 19.8 Å². The number of hydrogen-bond donors (Lipinski definition) is 1. The van der Waals surface area contributed by atoms with Crippen LogP contribution in [0.1, 0.15) is 5.56 Å². The maximum Gasteiger partial charge on any atom is 0.270 e. The fourth-order valence-electron chi connectivity index (χ4n) is 2.17. The van der Waals surface area contributed by atoms with E-state index in [1.54, 1.807) is 30.3 Å². The molecule has 0 atom stereocenters. The van der Waals surface area contributed by atoms with Gasteiger partial charge in [-0.15, -0.1) is 0 Å². The number of aromatic hydroxyl groups is 1. The Morgan fingerprint density at radius 2 is 1.92 bits per heavy atom. The summed E-state index contributed by atoms with van der Waals surface area (Å²) in [7, 11) is 0. The normalized spacial score (nSPS) is 16.0. The van der Waals surface area contributed by atoms with Gasteiger partial charge in [-0.05, 0) is 35.9 Å². The van der Waals surface area contributed by atoms with E-state index in [0.717, 1.165) is 11.8 Å². The molecule has 24 heavy (non-hydrogen) atoms. The van der Waals surface area contributed by atoms with E-state index < -0.39 is 4.92 Å². The molecule has 0 radical (unpaired) electrons. The molecule has 1 aliphatic rings. The molecule has 2 aromatic carbocycles. The minimum Gasteiger partial charge on any atom is -0.508 e. The van der Waals surface area contributed by atoms with Crippen LogP contribution in [0.15, 0.2) is 53.4 Å². The molecule has 6 nitrogen and oxygen atoms in total. The highest BCUT2D eigenvalue weighted by Gasteiger charge is 2.33.